The number of para-hydroxylation sites is 1. The van der Waals surface area contributed by atoms with Gasteiger partial charge in [-0.25, -0.2) is 0 Å². The fourth-order valence-electron chi connectivity index (χ4n) is 3.48. The monoisotopic (exact) mass is 361 g/mol. The van der Waals surface area contributed by atoms with E-state index in [2.05, 4.69) is 62.1 Å². The summed E-state index contributed by atoms with van der Waals surface area (Å²) in [5.74, 6) is 1.35. The van der Waals surface area contributed by atoms with Gasteiger partial charge in [-0.15, -0.1) is 12.4 Å². The molecule has 0 saturated heterocycles. The van der Waals surface area contributed by atoms with Crippen LogP contribution >= 0.6 is 12.4 Å². The van der Waals surface area contributed by atoms with Gasteiger partial charge in [0.15, 0.2) is 0 Å². The van der Waals surface area contributed by atoms with Gasteiger partial charge in [0.05, 0.1) is 0 Å². The van der Waals surface area contributed by atoms with Crippen LogP contribution < -0.4 is 9.64 Å². The van der Waals surface area contributed by atoms with Crippen LogP contribution in [-0.4, -0.2) is 30.9 Å². The van der Waals surface area contributed by atoms with Crippen LogP contribution in [0.15, 0.2) is 42.5 Å². The number of halogens is 1. The van der Waals surface area contributed by atoms with Gasteiger partial charge in [-0.1, -0.05) is 38.1 Å². The van der Waals surface area contributed by atoms with Crippen molar-refractivity contribution in [2.45, 2.75) is 39.2 Å². The molecule has 25 heavy (non-hydrogen) atoms. The minimum atomic E-state index is -0.499. The van der Waals surface area contributed by atoms with Crippen molar-refractivity contribution in [3.8, 4) is 5.75 Å². The molecule has 1 unspecified atom stereocenters. The SMILES string of the molecule is Cc1cc(OCC(O)CN2CCc3ccccc32)ccc1C(C)C.Cl. The Morgan fingerprint density at radius 2 is 1.92 bits per heavy atom. The Labute approximate surface area is 157 Å². The molecule has 4 heteroatoms. The summed E-state index contributed by atoms with van der Waals surface area (Å²) in [5, 5.41) is 10.3. The summed E-state index contributed by atoms with van der Waals surface area (Å²) in [5.41, 5.74) is 5.20. The van der Waals surface area contributed by atoms with E-state index in [9.17, 15) is 5.11 Å². The zero-order chi connectivity index (χ0) is 17.1. The van der Waals surface area contributed by atoms with Crippen LogP contribution in [0.3, 0.4) is 0 Å². The van der Waals surface area contributed by atoms with Crippen molar-refractivity contribution < 1.29 is 9.84 Å². The van der Waals surface area contributed by atoms with Crippen molar-refractivity contribution in [3.05, 3.63) is 59.2 Å². The lowest BCUT2D eigenvalue weighted by molar-refractivity contribution is 0.112. The fourth-order valence-corrected chi connectivity index (χ4v) is 3.48. The number of anilines is 1. The molecule has 0 bridgehead atoms. The number of aryl methyl sites for hydroxylation is 1. The highest BCUT2D eigenvalue weighted by Crippen LogP contribution is 2.27. The van der Waals surface area contributed by atoms with E-state index in [1.165, 1.54) is 22.4 Å². The summed E-state index contributed by atoms with van der Waals surface area (Å²) < 4.78 is 5.80. The molecule has 0 radical (unpaired) electrons. The predicted octanol–water partition coefficient (Wildman–Crippen LogP) is 4.34. The number of aliphatic hydroxyl groups is 1. The lowest BCUT2D eigenvalue weighted by Gasteiger charge is -2.23. The Hall–Kier alpha value is -1.71. The maximum atomic E-state index is 10.3. The number of ether oxygens (including phenoxy) is 1. The van der Waals surface area contributed by atoms with Crippen molar-refractivity contribution in [1.82, 2.24) is 0 Å². The first-order valence-corrected chi connectivity index (χ1v) is 8.79. The first-order valence-electron chi connectivity index (χ1n) is 8.79. The number of rotatable bonds is 6. The molecule has 0 amide bonds. The molecular formula is C21H28ClNO2. The van der Waals surface area contributed by atoms with Crippen LogP contribution in [0.25, 0.3) is 0 Å². The Kier molecular flexibility index (Phi) is 6.74. The number of benzene rings is 2. The standard InChI is InChI=1S/C21H27NO2.ClH/c1-15(2)20-9-8-19(12-16(20)3)24-14-18(23)13-22-11-10-17-6-4-5-7-21(17)22;/h4-9,12,15,18,23H,10-11,13-14H2,1-3H3;1H. The van der Waals surface area contributed by atoms with Crippen molar-refractivity contribution >= 4 is 18.1 Å². The van der Waals surface area contributed by atoms with Gasteiger partial charge in [0, 0.05) is 18.8 Å². The summed E-state index contributed by atoms with van der Waals surface area (Å²) in [6.45, 7) is 8.40. The van der Waals surface area contributed by atoms with E-state index in [-0.39, 0.29) is 12.4 Å². The van der Waals surface area contributed by atoms with E-state index in [4.69, 9.17) is 4.74 Å². The van der Waals surface area contributed by atoms with Crippen LogP contribution in [0.1, 0.15) is 36.5 Å². The van der Waals surface area contributed by atoms with Gasteiger partial charge in [0.1, 0.15) is 18.5 Å². The fraction of sp³-hybridized carbons (Fsp3) is 0.429. The quantitative estimate of drug-likeness (QED) is 0.830. The van der Waals surface area contributed by atoms with Crippen LogP contribution in [0.2, 0.25) is 0 Å². The minimum absolute atomic E-state index is 0. The smallest absolute Gasteiger partial charge is 0.119 e. The normalized spacial score (nSPS) is 14.2. The highest BCUT2D eigenvalue weighted by molar-refractivity contribution is 5.85. The maximum absolute atomic E-state index is 10.3. The Bertz CT molecular complexity index is 702. The largest absolute Gasteiger partial charge is 0.491 e. The van der Waals surface area contributed by atoms with E-state index < -0.39 is 6.10 Å². The molecule has 136 valence electrons. The van der Waals surface area contributed by atoms with Crippen LogP contribution in [-0.2, 0) is 6.42 Å². The van der Waals surface area contributed by atoms with Gasteiger partial charge in [0.25, 0.3) is 0 Å². The average molecular weight is 362 g/mol. The third-order valence-electron chi connectivity index (χ3n) is 4.72. The first-order chi connectivity index (χ1) is 11.5. The Balaban J connectivity index is 0.00000225. The van der Waals surface area contributed by atoms with Crippen molar-refractivity contribution in [2.24, 2.45) is 0 Å². The second-order valence-electron chi connectivity index (χ2n) is 6.96. The lowest BCUT2D eigenvalue weighted by Crippen LogP contribution is -2.34. The number of hydrogen-bond acceptors (Lipinski definition) is 3. The number of fused-ring (bicyclic) bond motifs is 1. The summed E-state index contributed by atoms with van der Waals surface area (Å²) in [6.07, 6.45) is 0.556. The lowest BCUT2D eigenvalue weighted by atomic mass is 9.98. The Morgan fingerprint density at radius 3 is 2.64 bits per heavy atom. The number of aliphatic hydroxyl groups excluding tert-OH is 1. The minimum Gasteiger partial charge on any atom is -0.491 e. The number of nitrogens with zero attached hydrogens (tertiary/aromatic N) is 1. The van der Waals surface area contributed by atoms with Crippen LogP contribution in [0, 0.1) is 6.92 Å². The molecule has 0 aliphatic carbocycles. The third-order valence-corrected chi connectivity index (χ3v) is 4.72. The molecule has 3 rings (SSSR count). The molecule has 1 heterocycles. The van der Waals surface area contributed by atoms with Gasteiger partial charge in [-0.2, -0.15) is 0 Å². The highest BCUT2D eigenvalue weighted by atomic mass is 35.5. The zero-order valence-electron chi connectivity index (χ0n) is 15.2. The molecule has 0 fully saturated rings. The molecule has 1 atom stereocenters. The molecule has 1 aliphatic heterocycles. The average Bonchev–Trinajstić information content (AvgIpc) is 2.96. The first kappa shape index (κ1) is 19.6. The molecule has 2 aromatic rings. The second kappa shape index (κ2) is 8.59. The highest BCUT2D eigenvalue weighted by Gasteiger charge is 2.21. The number of β-amino-alcohol motifs (C(OH)–C–C–N with tert-alkyl or cyclic N) is 1. The van der Waals surface area contributed by atoms with Gasteiger partial charge in [-0.3, -0.25) is 0 Å². The van der Waals surface area contributed by atoms with E-state index in [1.54, 1.807) is 0 Å². The van der Waals surface area contributed by atoms with Crippen LogP contribution in [0.4, 0.5) is 5.69 Å². The van der Waals surface area contributed by atoms with Gasteiger partial charge >= 0.3 is 0 Å². The molecule has 0 spiro atoms. The third kappa shape index (κ3) is 4.68. The van der Waals surface area contributed by atoms with E-state index in [1.807, 2.05) is 6.07 Å². The van der Waals surface area contributed by atoms with E-state index >= 15 is 0 Å². The molecule has 1 N–H and O–H groups in total. The summed E-state index contributed by atoms with van der Waals surface area (Å²) >= 11 is 0. The molecular weight excluding hydrogens is 334 g/mol. The summed E-state index contributed by atoms with van der Waals surface area (Å²) in [4.78, 5) is 2.25. The molecule has 2 aromatic carbocycles. The van der Waals surface area contributed by atoms with E-state index in [0.717, 1.165) is 18.7 Å². The molecule has 3 nitrogen and oxygen atoms in total. The van der Waals surface area contributed by atoms with E-state index in [0.29, 0.717) is 19.1 Å². The van der Waals surface area contributed by atoms with Gasteiger partial charge < -0.3 is 14.7 Å². The summed E-state index contributed by atoms with van der Waals surface area (Å²) in [7, 11) is 0. The molecule has 0 saturated carbocycles. The van der Waals surface area contributed by atoms with Crippen molar-refractivity contribution in [2.75, 3.05) is 24.6 Å². The van der Waals surface area contributed by atoms with Crippen molar-refractivity contribution in [1.29, 1.82) is 0 Å². The van der Waals surface area contributed by atoms with Crippen LogP contribution in [0.5, 0.6) is 5.75 Å². The van der Waals surface area contributed by atoms with Gasteiger partial charge in [-0.05, 0) is 54.2 Å². The number of hydrogen-bond donors (Lipinski definition) is 1. The summed E-state index contributed by atoms with van der Waals surface area (Å²) in [6, 6.07) is 14.6. The second-order valence-corrected chi connectivity index (χ2v) is 6.96. The molecule has 1 aliphatic rings. The predicted molar refractivity (Wildman–Crippen MR) is 106 cm³/mol. The molecule has 0 aromatic heterocycles. The Morgan fingerprint density at radius 1 is 1.16 bits per heavy atom. The van der Waals surface area contributed by atoms with Crippen molar-refractivity contribution in [3.63, 3.8) is 0 Å². The topological polar surface area (TPSA) is 32.7 Å². The van der Waals surface area contributed by atoms with Gasteiger partial charge in [0.2, 0.25) is 0 Å². The maximum Gasteiger partial charge on any atom is 0.119 e. The zero-order valence-corrected chi connectivity index (χ0v) is 16.1.